The monoisotopic (exact) mass is 315 g/mol. The Labute approximate surface area is 127 Å². The Morgan fingerprint density at radius 3 is 2.38 bits per heavy atom. The highest BCUT2D eigenvalue weighted by atomic mass is 32.2. The van der Waals surface area contributed by atoms with Gasteiger partial charge in [-0.3, -0.25) is 0 Å². The van der Waals surface area contributed by atoms with E-state index in [1.54, 1.807) is 7.11 Å². The fraction of sp³-hybridized carbons (Fsp3) is 0.600. The van der Waals surface area contributed by atoms with Gasteiger partial charge in [0.15, 0.2) is 11.5 Å². The largest absolute Gasteiger partial charge is 0.493 e. The van der Waals surface area contributed by atoms with Crippen molar-refractivity contribution in [2.75, 3.05) is 19.1 Å². The minimum absolute atomic E-state index is 0.0812. The van der Waals surface area contributed by atoms with Crippen LogP contribution in [0.3, 0.4) is 0 Å². The van der Waals surface area contributed by atoms with Crippen LogP contribution in [0.1, 0.15) is 26.3 Å². The summed E-state index contributed by atoms with van der Waals surface area (Å²) >= 11 is 0. The van der Waals surface area contributed by atoms with Crippen molar-refractivity contribution in [2.24, 2.45) is 0 Å². The molecule has 120 valence electrons. The van der Waals surface area contributed by atoms with Crippen molar-refractivity contribution >= 4 is 9.84 Å². The third-order valence-electron chi connectivity index (χ3n) is 2.80. The second-order valence-electron chi connectivity index (χ2n) is 5.53. The standard InChI is InChI=1S/C15H25NO4S/c1-11(2)20-14-7-6-13(8-15(14)19-4)9-16-12(3)10-21(5,17)18/h6-8,11-12,16H,9-10H2,1-5H3. The van der Waals surface area contributed by atoms with Gasteiger partial charge in [0, 0.05) is 18.8 Å². The van der Waals surface area contributed by atoms with Gasteiger partial charge in [-0.2, -0.15) is 0 Å². The topological polar surface area (TPSA) is 64.6 Å². The third-order valence-corrected chi connectivity index (χ3v) is 3.90. The van der Waals surface area contributed by atoms with E-state index >= 15 is 0 Å². The molecule has 6 heteroatoms. The van der Waals surface area contributed by atoms with Crippen LogP contribution < -0.4 is 14.8 Å². The Kier molecular flexibility index (Phi) is 6.48. The van der Waals surface area contributed by atoms with Crippen molar-refractivity contribution in [2.45, 2.75) is 39.5 Å². The number of nitrogens with one attached hydrogen (secondary N) is 1. The molecule has 0 aliphatic carbocycles. The zero-order chi connectivity index (χ0) is 16.0. The number of rotatable bonds is 8. The number of ether oxygens (including phenoxy) is 2. The van der Waals surface area contributed by atoms with Crippen LogP contribution in [-0.2, 0) is 16.4 Å². The summed E-state index contributed by atoms with van der Waals surface area (Å²) in [4.78, 5) is 0. The molecule has 0 saturated heterocycles. The summed E-state index contributed by atoms with van der Waals surface area (Å²) in [6, 6.07) is 5.62. The smallest absolute Gasteiger partial charge is 0.161 e. The van der Waals surface area contributed by atoms with Crippen LogP contribution in [-0.4, -0.2) is 39.7 Å². The maximum absolute atomic E-state index is 11.2. The number of sulfone groups is 1. The average Bonchev–Trinajstić information content (AvgIpc) is 2.34. The highest BCUT2D eigenvalue weighted by molar-refractivity contribution is 7.90. The van der Waals surface area contributed by atoms with Gasteiger partial charge in [0.05, 0.1) is 19.0 Å². The van der Waals surface area contributed by atoms with E-state index in [2.05, 4.69) is 5.32 Å². The fourth-order valence-electron chi connectivity index (χ4n) is 1.98. The van der Waals surface area contributed by atoms with E-state index in [0.29, 0.717) is 18.0 Å². The number of hydrogen-bond donors (Lipinski definition) is 1. The summed E-state index contributed by atoms with van der Waals surface area (Å²) in [6.07, 6.45) is 1.32. The lowest BCUT2D eigenvalue weighted by atomic mass is 10.2. The maximum Gasteiger partial charge on any atom is 0.161 e. The van der Waals surface area contributed by atoms with Crippen LogP contribution in [0.15, 0.2) is 18.2 Å². The van der Waals surface area contributed by atoms with Crippen molar-refractivity contribution in [1.82, 2.24) is 5.32 Å². The van der Waals surface area contributed by atoms with E-state index < -0.39 is 9.84 Å². The van der Waals surface area contributed by atoms with E-state index in [1.807, 2.05) is 39.0 Å². The molecule has 0 heterocycles. The van der Waals surface area contributed by atoms with E-state index in [9.17, 15) is 8.42 Å². The van der Waals surface area contributed by atoms with Gasteiger partial charge in [0.1, 0.15) is 9.84 Å². The van der Waals surface area contributed by atoms with Gasteiger partial charge in [-0.15, -0.1) is 0 Å². The Hall–Kier alpha value is -1.27. The fourth-order valence-corrected chi connectivity index (χ4v) is 3.00. The molecule has 1 aromatic rings. The molecule has 0 radical (unpaired) electrons. The normalized spacial score (nSPS) is 13.2. The molecule has 0 aromatic heterocycles. The van der Waals surface area contributed by atoms with Gasteiger partial charge >= 0.3 is 0 Å². The van der Waals surface area contributed by atoms with Crippen molar-refractivity contribution in [3.63, 3.8) is 0 Å². The van der Waals surface area contributed by atoms with Gasteiger partial charge < -0.3 is 14.8 Å². The van der Waals surface area contributed by atoms with E-state index in [0.717, 1.165) is 5.56 Å². The minimum atomic E-state index is -2.97. The van der Waals surface area contributed by atoms with Gasteiger partial charge in [0.2, 0.25) is 0 Å². The zero-order valence-electron chi connectivity index (χ0n) is 13.3. The summed E-state index contributed by atoms with van der Waals surface area (Å²) in [5.74, 6) is 1.51. The van der Waals surface area contributed by atoms with Crippen LogP contribution in [0.2, 0.25) is 0 Å². The molecule has 0 aliphatic heterocycles. The van der Waals surface area contributed by atoms with Crippen LogP contribution in [0, 0.1) is 0 Å². The molecule has 1 atom stereocenters. The lowest BCUT2D eigenvalue weighted by Gasteiger charge is -2.16. The van der Waals surface area contributed by atoms with Crippen LogP contribution in [0.5, 0.6) is 11.5 Å². The first kappa shape index (κ1) is 17.8. The summed E-state index contributed by atoms with van der Waals surface area (Å²) in [7, 11) is -1.36. The van der Waals surface area contributed by atoms with E-state index in [-0.39, 0.29) is 17.9 Å². The molecule has 0 spiro atoms. The van der Waals surface area contributed by atoms with Gasteiger partial charge in [0.25, 0.3) is 0 Å². The Morgan fingerprint density at radius 2 is 1.86 bits per heavy atom. The SMILES string of the molecule is COc1cc(CNC(C)CS(C)(=O)=O)ccc1OC(C)C. The van der Waals surface area contributed by atoms with Gasteiger partial charge in [-0.25, -0.2) is 8.42 Å². The van der Waals surface area contributed by atoms with Crippen molar-refractivity contribution in [1.29, 1.82) is 0 Å². The molecule has 1 unspecified atom stereocenters. The first-order valence-electron chi connectivity index (χ1n) is 6.96. The molecule has 1 rings (SSSR count). The highest BCUT2D eigenvalue weighted by Crippen LogP contribution is 2.28. The van der Waals surface area contributed by atoms with Crippen LogP contribution in [0.25, 0.3) is 0 Å². The number of hydrogen-bond acceptors (Lipinski definition) is 5. The summed E-state index contributed by atoms with van der Waals surface area (Å²) in [5, 5.41) is 3.19. The molecule has 0 saturated carbocycles. The molecular formula is C15H25NO4S. The second-order valence-corrected chi connectivity index (χ2v) is 7.71. The van der Waals surface area contributed by atoms with Crippen molar-refractivity contribution in [3.8, 4) is 11.5 Å². The number of benzene rings is 1. The summed E-state index contributed by atoms with van der Waals surface area (Å²) < 4.78 is 33.4. The first-order chi connectivity index (χ1) is 9.71. The summed E-state index contributed by atoms with van der Waals surface area (Å²) in [5.41, 5.74) is 1.02. The predicted molar refractivity (Wildman–Crippen MR) is 84.8 cm³/mol. The molecule has 1 aromatic carbocycles. The van der Waals surface area contributed by atoms with Crippen molar-refractivity contribution < 1.29 is 17.9 Å². The Balaban J connectivity index is 2.68. The van der Waals surface area contributed by atoms with Gasteiger partial charge in [-0.1, -0.05) is 6.07 Å². The quantitative estimate of drug-likeness (QED) is 0.795. The summed E-state index contributed by atoms with van der Waals surface area (Å²) in [6.45, 7) is 6.35. The van der Waals surface area contributed by atoms with Crippen LogP contribution in [0.4, 0.5) is 0 Å². The lowest BCUT2D eigenvalue weighted by molar-refractivity contribution is 0.230. The molecular weight excluding hydrogens is 290 g/mol. The molecule has 0 aliphatic rings. The Bertz CT molecular complexity index is 555. The minimum Gasteiger partial charge on any atom is -0.493 e. The Morgan fingerprint density at radius 1 is 1.19 bits per heavy atom. The van der Waals surface area contributed by atoms with Crippen LogP contribution >= 0.6 is 0 Å². The third kappa shape index (κ3) is 6.82. The lowest BCUT2D eigenvalue weighted by Crippen LogP contribution is -2.32. The number of methoxy groups -OCH3 is 1. The van der Waals surface area contributed by atoms with Crippen molar-refractivity contribution in [3.05, 3.63) is 23.8 Å². The second kappa shape index (κ2) is 7.66. The zero-order valence-corrected chi connectivity index (χ0v) is 14.2. The molecule has 0 fully saturated rings. The van der Waals surface area contributed by atoms with E-state index in [1.165, 1.54) is 6.26 Å². The molecule has 0 bridgehead atoms. The first-order valence-corrected chi connectivity index (χ1v) is 9.02. The van der Waals surface area contributed by atoms with Gasteiger partial charge in [-0.05, 0) is 38.5 Å². The maximum atomic E-state index is 11.2. The molecule has 21 heavy (non-hydrogen) atoms. The molecule has 5 nitrogen and oxygen atoms in total. The highest BCUT2D eigenvalue weighted by Gasteiger charge is 2.11. The molecule has 0 amide bonds. The average molecular weight is 315 g/mol. The predicted octanol–water partition coefficient (Wildman–Crippen LogP) is 2.01. The van der Waals surface area contributed by atoms with E-state index in [4.69, 9.17) is 9.47 Å². The molecule has 1 N–H and O–H groups in total.